The fourth-order valence-electron chi connectivity index (χ4n) is 3.16. The highest BCUT2D eigenvalue weighted by atomic mass is 32.2. The van der Waals surface area contributed by atoms with E-state index in [1.54, 1.807) is 12.4 Å². The quantitative estimate of drug-likeness (QED) is 0.142. The normalized spacial score (nSPS) is 12.9. The lowest BCUT2D eigenvalue weighted by Crippen LogP contribution is -2.32. The number of nitrogens with one attached hydrogen (secondary N) is 1. The lowest BCUT2D eigenvalue weighted by atomic mass is 10.1. The van der Waals surface area contributed by atoms with Crippen LogP contribution in [0.4, 0.5) is 22.0 Å². The second kappa shape index (κ2) is 10.2. The first-order valence-corrected chi connectivity index (χ1v) is 11.1. The van der Waals surface area contributed by atoms with Crippen molar-refractivity contribution < 1.29 is 40.7 Å². The molecular weight excluding hydrogens is 483 g/mol. The molecule has 6 nitrogen and oxygen atoms in total. The molecule has 0 radical (unpaired) electrons. The zero-order chi connectivity index (χ0) is 25.2. The first-order chi connectivity index (χ1) is 15.9. The number of hydroxylamine groups is 1. The number of halogens is 5. The molecule has 0 aliphatic carbocycles. The van der Waals surface area contributed by atoms with E-state index in [-0.39, 0.29) is 22.8 Å². The standard InChI is InChI=1S/C22H19F5N2O4S/c1-12-2-5-15(16(23)8-12)11-29(10-13-3-6-14(7-4-13)22(30)28-31)34(32,33)18-9-17(24)19(25)21(27)20(18)26/h2-9,22,28,30-31H,10-11H2,1H3. The van der Waals surface area contributed by atoms with Crippen molar-refractivity contribution in [1.29, 1.82) is 0 Å². The van der Waals surface area contributed by atoms with E-state index in [0.717, 1.165) is 6.07 Å². The van der Waals surface area contributed by atoms with Gasteiger partial charge in [-0.25, -0.2) is 30.4 Å². The molecule has 3 aromatic carbocycles. The van der Waals surface area contributed by atoms with Crippen LogP contribution in [0.5, 0.6) is 0 Å². The molecule has 0 saturated heterocycles. The maximum absolute atomic E-state index is 14.5. The molecule has 0 aliphatic rings. The molecule has 1 unspecified atom stereocenters. The number of sulfonamides is 1. The molecular formula is C22H19F5N2O4S. The third-order valence-electron chi connectivity index (χ3n) is 5.02. The minimum Gasteiger partial charge on any atom is -0.372 e. The van der Waals surface area contributed by atoms with Crippen molar-refractivity contribution in [3.05, 3.63) is 99.9 Å². The van der Waals surface area contributed by atoms with Crippen molar-refractivity contribution in [2.24, 2.45) is 0 Å². The molecule has 3 rings (SSSR count). The molecule has 0 aliphatic heterocycles. The van der Waals surface area contributed by atoms with Crippen LogP contribution in [0, 0.1) is 36.0 Å². The van der Waals surface area contributed by atoms with Gasteiger partial charge < -0.3 is 10.3 Å². The van der Waals surface area contributed by atoms with E-state index in [4.69, 9.17) is 5.21 Å². The molecule has 34 heavy (non-hydrogen) atoms. The number of rotatable bonds is 8. The first-order valence-electron chi connectivity index (χ1n) is 9.70. The fourth-order valence-corrected chi connectivity index (χ4v) is 4.63. The van der Waals surface area contributed by atoms with Crippen molar-refractivity contribution in [3.8, 4) is 0 Å². The molecule has 1 atom stereocenters. The number of hydrogen-bond donors (Lipinski definition) is 3. The van der Waals surface area contributed by atoms with Gasteiger partial charge >= 0.3 is 0 Å². The van der Waals surface area contributed by atoms with Crippen molar-refractivity contribution in [2.75, 3.05) is 0 Å². The zero-order valence-corrected chi connectivity index (χ0v) is 18.4. The lowest BCUT2D eigenvalue weighted by molar-refractivity contribution is 0.000689. The van der Waals surface area contributed by atoms with Crippen molar-refractivity contribution in [2.45, 2.75) is 31.1 Å². The third-order valence-corrected chi connectivity index (χ3v) is 6.81. The van der Waals surface area contributed by atoms with E-state index in [2.05, 4.69) is 0 Å². The van der Waals surface area contributed by atoms with Gasteiger partial charge in [-0.1, -0.05) is 36.4 Å². The van der Waals surface area contributed by atoms with Crippen LogP contribution in [0.1, 0.15) is 28.5 Å². The Labute approximate surface area is 191 Å². The highest BCUT2D eigenvalue weighted by Gasteiger charge is 2.33. The minimum atomic E-state index is -5.00. The Kier molecular flexibility index (Phi) is 7.68. The number of aliphatic hydroxyl groups excluding tert-OH is 1. The van der Waals surface area contributed by atoms with Crippen LogP contribution in [-0.4, -0.2) is 23.0 Å². The van der Waals surface area contributed by atoms with E-state index in [1.807, 2.05) is 0 Å². The topological polar surface area (TPSA) is 89.9 Å². The SMILES string of the molecule is Cc1ccc(CN(Cc2ccc(C(O)NO)cc2)S(=O)(=O)c2cc(F)c(F)c(F)c2F)c(F)c1. The summed E-state index contributed by atoms with van der Waals surface area (Å²) in [6.07, 6.45) is -1.42. The molecule has 12 heteroatoms. The Balaban J connectivity index is 2.07. The minimum absolute atomic E-state index is 0.0218. The van der Waals surface area contributed by atoms with Gasteiger partial charge in [-0.3, -0.25) is 0 Å². The Morgan fingerprint density at radius 1 is 0.882 bits per heavy atom. The van der Waals surface area contributed by atoms with E-state index in [9.17, 15) is 35.5 Å². The van der Waals surface area contributed by atoms with Crippen LogP contribution in [-0.2, 0) is 23.1 Å². The van der Waals surface area contributed by atoms with Gasteiger partial charge in [0.15, 0.2) is 29.5 Å². The maximum atomic E-state index is 14.5. The lowest BCUT2D eigenvalue weighted by Gasteiger charge is -2.23. The summed E-state index contributed by atoms with van der Waals surface area (Å²) < 4.78 is 96.7. The molecule has 0 fully saturated rings. The molecule has 0 amide bonds. The van der Waals surface area contributed by atoms with Crippen LogP contribution >= 0.6 is 0 Å². The highest BCUT2D eigenvalue weighted by Crippen LogP contribution is 2.28. The summed E-state index contributed by atoms with van der Waals surface area (Å²) in [5.41, 5.74) is 2.56. The second-order valence-electron chi connectivity index (χ2n) is 7.44. The number of nitrogens with zero attached hydrogens (tertiary/aromatic N) is 1. The monoisotopic (exact) mass is 502 g/mol. The van der Waals surface area contributed by atoms with Gasteiger partial charge in [-0.2, -0.15) is 9.79 Å². The van der Waals surface area contributed by atoms with Crippen LogP contribution in [0.15, 0.2) is 53.4 Å². The van der Waals surface area contributed by atoms with Gasteiger partial charge in [0.25, 0.3) is 0 Å². The van der Waals surface area contributed by atoms with Crippen molar-refractivity contribution >= 4 is 10.0 Å². The predicted molar refractivity (Wildman–Crippen MR) is 110 cm³/mol. The molecule has 0 aromatic heterocycles. The number of aliphatic hydroxyl groups is 1. The average Bonchev–Trinajstić information content (AvgIpc) is 2.80. The Morgan fingerprint density at radius 2 is 1.53 bits per heavy atom. The van der Waals surface area contributed by atoms with Gasteiger partial charge in [0.2, 0.25) is 10.0 Å². The Hall–Kier alpha value is -2.90. The summed E-state index contributed by atoms with van der Waals surface area (Å²) >= 11 is 0. The largest absolute Gasteiger partial charge is 0.372 e. The van der Waals surface area contributed by atoms with Crippen LogP contribution in [0.25, 0.3) is 0 Å². The Morgan fingerprint density at radius 3 is 2.12 bits per heavy atom. The van der Waals surface area contributed by atoms with Crippen molar-refractivity contribution in [1.82, 2.24) is 9.79 Å². The van der Waals surface area contributed by atoms with Gasteiger partial charge in [0.1, 0.15) is 10.7 Å². The van der Waals surface area contributed by atoms with Gasteiger partial charge in [0.05, 0.1) is 0 Å². The fraction of sp³-hybridized carbons (Fsp3) is 0.182. The van der Waals surface area contributed by atoms with Gasteiger partial charge in [-0.15, -0.1) is 0 Å². The summed E-state index contributed by atoms with van der Waals surface area (Å²) in [4.78, 5) is -1.45. The third kappa shape index (κ3) is 5.26. The summed E-state index contributed by atoms with van der Waals surface area (Å²) in [7, 11) is -5.00. The van der Waals surface area contributed by atoms with E-state index in [1.165, 1.54) is 36.4 Å². The second-order valence-corrected chi connectivity index (χ2v) is 9.35. The van der Waals surface area contributed by atoms with E-state index in [0.29, 0.717) is 9.87 Å². The molecule has 3 aromatic rings. The number of hydrogen-bond acceptors (Lipinski definition) is 5. The highest BCUT2D eigenvalue weighted by molar-refractivity contribution is 7.89. The molecule has 182 valence electrons. The van der Waals surface area contributed by atoms with Crippen LogP contribution in [0.3, 0.4) is 0 Å². The van der Waals surface area contributed by atoms with Gasteiger partial charge in [0, 0.05) is 24.7 Å². The summed E-state index contributed by atoms with van der Waals surface area (Å²) in [6.45, 7) is 0.466. The average molecular weight is 502 g/mol. The number of aryl methyl sites for hydroxylation is 1. The number of benzene rings is 3. The predicted octanol–water partition coefficient (Wildman–Crippen LogP) is 4.05. The van der Waals surface area contributed by atoms with E-state index < -0.39 is 63.3 Å². The first kappa shape index (κ1) is 25.7. The molecule has 0 heterocycles. The smallest absolute Gasteiger partial charge is 0.246 e. The molecule has 0 spiro atoms. The summed E-state index contributed by atoms with van der Waals surface area (Å²) in [5.74, 6) is -9.24. The summed E-state index contributed by atoms with van der Waals surface area (Å²) in [6, 6.07) is 9.42. The van der Waals surface area contributed by atoms with E-state index >= 15 is 0 Å². The Bertz CT molecular complexity index is 1300. The zero-order valence-electron chi connectivity index (χ0n) is 17.6. The van der Waals surface area contributed by atoms with Crippen molar-refractivity contribution in [3.63, 3.8) is 0 Å². The molecule has 0 saturated carbocycles. The van der Waals surface area contributed by atoms with Crippen LogP contribution < -0.4 is 5.48 Å². The van der Waals surface area contributed by atoms with Crippen LogP contribution in [0.2, 0.25) is 0 Å². The maximum Gasteiger partial charge on any atom is 0.246 e. The summed E-state index contributed by atoms with van der Waals surface area (Å²) in [5, 5.41) is 18.4. The molecule has 3 N–H and O–H groups in total. The molecule has 0 bridgehead atoms. The van der Waals surface area contributed by atoms with Gasteiger partial charge in [-0.05, 0) is 29.7 Å².